The fourth-order valence-corrected chi connectivity index (χ4v) is 1.60. The summed E-state index contributed by atoms with van der Waals surface area (Å²) in [6.07, 6.45) is 0. The fourth-order valence-electron chi connectivity index (χ4n) is 1.11. The molecule has 0 aliphatic carbocycles. The molecule has 0 aliphatic heterocycles. The van der Waals surface area contributed by atoms with Crippen LogP contribution in [-0.2, 0) is 0 Å². The first-order chi connectivity index (χ1) is 6.22. The minimum absolute atomic E-state index is 0.376. The fraction of sp³-hybridized carbons (Fsp3) is 0.125. The molecule has 0 bridgehead atoms. The van der Waals surface area contributed by atoms with Crippen molar-refractivity contribution in [3.8, 4) is 5.75 Å². The Morgan fingerprint density at radius 1 is 1.54 bits per heavy atom. The third-order valence-corrected chi connectivity index (χ3v) is 2.39. The van der Waals surface area contributed by atoms with E-state index in [1.165, 1.54) is 0 Å². The maximum absolute atomic E-state index is 5.57. The number of ether oxygens (including phenoxy) is 1. The molecule has 2 rings (SSSR count). The number of anilines is 1. The molecule has 0 aliphatic rings. The molecule has 0 fully saturated rings. The number of halogens is 1. The molecular formula is C8H7BrN2O2. The van der Waals surface area contributed by atoms with Crippen LogP contribution in [0.25, 0.3) is 11.0 Å². The second-order valence-electron chi connectivity index (χ2n) is 2.55. The Bertz CT molecular complexity index is 453. The maximum atomic E-state index is 5.57. The predicted molar refractivity (Wildman–Crippen MR) is 52.7 cm³/mol. The van der Waals surface area contributed by atoms with Crippen LogP contribution >= 0.6 is 15.9 Å². The molecule has 1 aromatic carbocycles. The van der Waals surface area contributed by atoms with Crippen molar-refractivity contribution in [2.45, 2.75) is 0 Å². The van der Waals surface area contributed by atoms with Gasteiger partial charge < -0.3 is 15.0 Å². The van der Waals surface area contributed by atoms with Crippen LogP contribution in [0.5, 0.6) is 5.75 Å². The Morgan fingerprint density at radius 2 is 2.31 bits per heavy atom. The number of nitrogen functional groups attached to an aromatic ring is 1. The molecule has 13 heavy (non-hydrogen) atoms. The lowest BCUT2D eigenvalue weighted by Crippen LogP contribution is -1.86. The van der Waals surface area contributed by atoms with Gasteiger partial charge in [-0.25, -0.2) is 0 Å². The van der Waals surface area contributed by atoms with E-state index in [4.69, 9.17) is 15.0 Å². The lowest BCUT2D eigenvalue weighted by molar-refractivity contribution is 0.412. The summed E-state index contributed by atoms with van der Waals surface area (Å²) in [5.41, 5.74) is 6.22. The average Bonchev–Trinajstić information content (AvgIpc) is 2.46. The van der Waals surface area contributed by atoms with E-state index >= 15 is 0 Å². The van der Waals surface area contributed by atoms with Gasteiger partial charge in [0.05, 0.1) is 17.0 Å². The molecule has 0 saturated heterocycles. The highest BCUT2D eigenvalue weighted by molar-refractivity contribution is 9.10. The van der Waals surface area contributed by atoms with E-state index in [-0.39, 0.29) is 0 Å². The summed E-state index contributed by atoms with van der Waals surface area (Å²) in [6, 6.07) is 3.56. The molecule has 0 saturated carbocycles. The summed E-state index contributed by atoms with van der Waals surface area (Å²) in [5, 5.41) is 4.40. The molecule has 2 N–H and O–H groups in total. The van der Waals surface area contributed by atoms with Crippen LogP contribution < -0.4 is 10.5 Å². The van der Waals surface area contributed by atoms with E-state index in [1.54, 1.807) is 19.2 Å². The van der Waals surface area contributed by atoms with Crippen molar-refractivity contribution in [3.63, 3.8) is 0 Å². The van der Waals surface area contributed by atoms with Crippen molar-refractivity contribution in [3.05, 3.63) is 16.6 Å². The Morgan fingerprint density at radius 3 is 3.00 bits per heavy atom. The van der Waals surface area contributed by atoms with Crippen molar-refractivity contribution >= 4 is 32.7 Å². The van der Waals surface area contributed by atoms with Gasteiger partial charge in [-0.2, -0.15) is 0 Å². The Labute approximate surface area is 82.8 Å². The van der Waals surface area contributed by atoms with Crippen LogP contribution in [0, 0.1) is 0 Å². The summed E-state index contributed by atoms with van der Waals surface area (Å²) < 4.78 is 10.9. The molecule has 5 heteroatoms. The molecule has 1 heterocycles. The number of nitrogens with zero attached hydrogens (tertiary/aromatic N) is 1. The number of hydrogen-bond donors (Lipinski definition) is 1. The van der Waals surface area contributed by atoms with Gasteiger partial charge in [0.15, 0.2) is 11.4 Å². The van der Waals surface area contributed by atoms with Crippen molar-refractivity contribution in [1.82, 2.24) is 5.16 Å². The monoisotopic (exact) mass is 242 g/mol. The molecule has 1 aromatic heterocycles. The molecule has 2 aromatic rings. The van der Waals surface area contributed by atoms with Crippen LogP contribution in [0.15, 0.2) is 21.1 Å². The first-order valence-corrected chi connectivity index (χ1v) is 4.40. The quantitative estimate of drug-likeness (QED) is 0.833. The zero-order valence-electron chi connectivity index (χ0n) is 6.87. The van der Waals surface area contributed by atoms with Gasteiger partial charge in [-0.3, -0.25) is 0 Å². The molecule has 68 valence electrons. The third-order valence-electron chi connectivity index (χ3n) is 1.77. The van der Waals surface area contributed by atoms with Gasteiger partial charge in [0, 0.05) is 6.07 Å². The van der Waals surface area contributed by atoms with Gasteiger partial charge in [0.1, 0.15) is 5.75 Å². The summed E-state index contributed by atoms with van der Waals surface area (Å²) in [4.78, 5) is 0. The standard InChI is InChI=1S/C8H7BrN2O2/c1-12-7-2-4-6(3-5(7)9)13-11-8(4)10/h2-3H,1H3,(H2,10,11). The zero-order valence-corrected chi connectivity index (χ0v) is 8.46. The molecule has 0 atom stereocenters. The smallest absolute Gasteiger partial charge is 0.174 e. The Hall–Kier alpha value is -1.23. The predicted octanol–water partition coefficient (Wildman–Crippen LogP) is 2.18. The lowest BCUT2D eigenvalue weighted by atomic mass is 10.2. The van der Waals surface area contributed by atoms with Gasteiger partial charge in [-0.05, 0) is 22.0 Å². The SMILES string of the molecule is COc1cc2c(N)noc2cc1Br. The molecule has 0 amide bonds. The van der Waals surface area contributed by atoms with E-state index in [0.717, 1.165) is 9.86 Å². The minimum atomic E-state index is 0.376. The number of fused-ring (bicyclic) bond motifs is 1. The van der Waals surface area contributed by atoms with Crippen molar-refractivity contribution < 1.29 is 9.26 Å². The third kappa shape index (κ3) is 1.25. The zero-order chi connectivity index (χ0) is 9.42. The van der Waals surface area contributed by atoms with Crippen LogP contribution in [0.1, 0.15) is 0 Å². The molecule has 0 unspecified atom stereocenters. The lowest BCUT2D eigenvalue weighted by Gasteiger charge is -2.01. The van der Waals surface area contributed by atoms with E-state index in [9.17, 15) is 0 Å². The van der Waals surface area contributed by atoms with Crippen molar-refractivity contribution in [2.24, 2.45) is 0 Å². The second kappa shape index (κ2) is 2.92. The van der Waals surface area contributed by atoms with Crippen LogP contribution in [-0.4, -0.2) is 12.3 Å². The highest BCUT2D eigenvalue weighted by Gasteiger charge is 2.09. The average molecular weight is 243 g/mol. The summed E-state index contributed by atoms with van der Waals surface area (Å²) in [5.74, 6) is 1.09. The summed E-state index contributed by atoms with van der Waals surface area (Å²) in [7, 11) is 1.59. The van der Waals surface area contributed by atoms with Crippen LogP contribution in [0.2, 0.25) is 0 Å². The molecule has 4 nitrogen and oxygen atoms in total. The molecular weight excluding hydrogens is 236 g/mol. The summed E-state index contributed by atoms with van der Waals surface area (Å²) >= 11 is 3.33. The first kappa shape index (κ1) is 8.37. The van der Waals surface area contributed by atoms with Crippen molar-refractivity contribution in [2.75, 3.05) is 12.8 Å². The van der Waals surface area contributed by atoms with E-state index in [1.807, 2.05) is 0 Å². The van der Waals surface area contributed by atoms with E-state index in [2.05, 4.69) is 21.1 Å². The largest absolute Gasteiger partial charge is 0.496 e. The highest BCUT2D eigenvalue weighted by Crippen LogP contribution is 2.32. The number of hydrogen-bond acceptors (Lipinski definition) is 4. The highest BCUT2D eigenvalue weighted by atomic mass is 79.9. The van der Waals surface area contributed by atoms with Crippen LogP contribution in [0.4, 0.5) is 5.82 Å². The number of methoxy groups -OCH3 is 1. The number of aromatic nitrogens is 1. The maximum Gasteiger partial charge on any atom is 0.174 e. The Balaban J connectivity index is 2.77. The second-order valence-corrected chi connectivity index (χ2v) is 3.41. The van der Waals surface area contributed by atoms with Gasteiger partial charge in [-0.15, -0.1) is 0 Å². The molecule has 0 spiro atoms. The Kier molecular flexibility index (Phi) is 1.88. The first-order valence-electron chi connectivity index (χ1n) is 3.61. The number of nitrogens with two attached hydrogens (primary N) is 1. The minimum Gasteiger partial charge on any atom is -0.496 e. The molecule has 0 radical (unpaired) electrons. The van der Waals surface area contributed by atoms with Gasteiger partial charge in [-0.1, -0.05) is 5.16 Å². The van der Waals surface area contributed by atoms with E-state index in [0.29, 0.717) is 17.2 Å². The van der Waals surface area contributed by atoms with E-state index < -0.39 is 0 Å². The van der Waals surface area contributed by atoms with Gasteiger partial charge in [0.2, 0.25) is 0 Å². The number of benzene rings is 1. The van der Waals surface area contributed by atoms with Gasteiger partial charge >= 0.3 is 0 Å². The normalized spacial score (nSPS) is 10.6. The topological polar surface area (TPSA) is 61.3 Å². The van der Waals surface area contributed by atoms with Gasteiger partial charge in [0.25, 0.3) is 0 Å². The van der Waals surface area contributed by atoms with Crippen molar-refractivity contribution in [1.29, 1.82) is 0 Å². The van der Waals surface area contributed by atoms with Crippen LogP contribution in [0.3, 0.4) is 0 Å². The number of rotatable bonds is 1. The summed E-state index contributed by atoms with van der Waals surface area (Å²) in [6.45, 7) is 0.